The first-order valence-corrected chi connectivity index (χ1v) is 5.77. The maximum Gasteiger partial charge on any atom is 0.326 e. The summed E-state index contributed by atoms with van der Waals surface area (Å²) in [6, 6.07) is 6.57. The van der Waals surface area contributed by atoms with Gasteiger partial charge in [-0.25, -0.2) is 4.79 Å². The van der Waals surface area contributed by atoms with Gasteiger partial charge < -0.3 is 14.7 Å². The minimum atomic E-state index is -0.936. The Kier molecular flexibility index (Phi) is 3.50. The number of likely N-dealkylation sites (tertiary alicyclic amines) is 1. The van der Waals surface area contributed by atoms with Crippen molar-refractivity contribution >= 4 is 11.9 Å². The van der Waals surface area contributed by atoms with Crippen molar-refractivity contribution in [3.05, 3.63) is 29.8 Å². The van der Waals surface area contributed by atoms with Crippen LogP contribution in [-0.2, 0) is 16.1 Å². The standard InChI is InChI=1S/C13H15NO4/c1-18-10-4-2-9(3-5-10)8-14-11(13(16)17)6-7-12(14)15/h2-5,11H,6-8H2,1H3,(H,16,17)/t11-/m0/s1. The molecular weight excluding hydrogens is 234 g/mol. The van der Waals surface area contributed by atoms with Crippen molar-refractivity contribution in [2.24, 2.45) is 0 Å². The second-order valence-corrected chi connectivity index (χ2v) is 4.26. The molecule has 1 saturated heterocycles. The zero-order valence-corrected chi connectivity index (χ0v) is 10.1. The summed E-state index contributed by atoms with van der Waals surface area (Å²) in [7, 11) is 1.58. The van der Waals surface area contributed by atoms with Crippen LogP contribution >= 0.6 is 0 Å². The molecule has 0 unspecified atom stereocenters. The summed E-state index contributed by atoms with van der Waals surface area (Å²) in [4.78, 5) is 24.1. The molecule has 1 amide bonds. The summed E-state index contributed by atoms with van der Waals surface area (Å²) >= 11 is 0. The number of hydrogen-bond acceptors (Lipinski definition) is 3. The van der Waals surface area contributed by atoms with Crippen molar-refractivity contribution in [2.45, 2.75) is 25.4 Å². The Bertz CT molecular complexity index is 455. The van der Waals surface area contributed by atoms with Gasteiger partial charge in [-0.2, -0.15) is 0 Å². The highest BCUT2D eigenvalue weighted by molar-refractivity contribution is 5.87. The Morgan fingerprint density at radius 2 is 2.11 bits per heavy atom. The topological polar surface area (TPSA) is 66.8 Å². The van der Waals surface area contributed by atoms with Crippen LogP contribution in [0.4, 0.5) is 0 Å². The Labute approximate surface area is 105 Å². The second kappa shape index (κ2) is 5.08. The number of carbonyl (C=O) groups excluding carboxylic acids is 1. The number of carbonyl (C=O) groups is 2. The maximum absolute atomic E-state index is 11.7. The smallest absolute Gasteiger partial charge is 0.326 e. The van der Waals surface area contributed by atoms with Crippen LogP contribution in [0.25, 0.3) is 0 Å². The fourth-order valence-corrected chi connectivity index (χ4v) is 2.12. The average Bonchev–Trinajstić information content (AvgIpc) is 2.72. The van der Waals surface area contributed by atoms with E-state index in [2.05, 4.69) is 0 Å². The third-order valence-electron chi connectivity index (χ3n) is 3.13. The number of carboxylic acids is 1. The van der Waals surface area contributed by atoms with E-state index in [9.17, 15) is 9.59 Å². The van der Waals surface area contributed by atoms with Gasteiger partial charge in [-0.05, 0) is 24.1 Å². The number of methoxy groups -OCH3 is 1. The fraction of sp³-hybridized carbons (Fsp3) is 0.385. The quantitative estimate of drug-likeness (QED) is 0.872. The molecule has 0 radical (unpaired) electrons. The Morgan fingerprint density at radius 3 is 2.67 bits per heavy atom. The SMILES string of the molecule is COc1ccc(CN2C(=O)CC[C@H]2C(=O)O)cc1. The van der Waals surface area contributed by atoms with E-state index >= 15 is 0 Å². The summed E-state index contributed by atoms with van der Waals surface area (Å²) in [5.74, 6) is -0.297. The van der Waals surface area contributed by atoms with Crippen LogP contribution in [0.5, 0.6) is 5.75 Å². The van der Waals surface area contributed by atoms with E-state index in [4.69, 9.17) is 9.84 Å². The third kappa shape index (κ3) is 2.45. The van der Waals surface area contributed by atoms with Crippen molar-refractivity contribution in [1.82, 2.24) is 4.90 Å². The molecule has 1 atom stereocenters. The number of carboxylic acid groups (broad SMARTS) is 1. The van der Waals surface area contributed by atoms with Crippen molar-refractivity contribution in [3.63, 3.8) is 0 Å². The Hall–Kier alpha value is -2.04. The van der Waals surface area contributed by atoms with Gasteiger partial charge in [-0.3, -0.25) is 4.79 Å². The maximum atomic E-state index is 11.7. The lowest BCUT2D eigenvalue weighted by Gasteiger charge is -2.21. The first-order valence-electron chi connectivity index (χ1n) is 5.77. The zero-order valence-electron chi connectivity index (χ0n) is 10.1. The van der Waals surface area contributed by atoms with Gasteiger partial charge in [0.15, 0.2) is 0 Å². The van der Waals surface area contributed by atoms with E-state index in [0.29, 0.717) is 19.4 Å². The summed E-state index contributed by atoms with van der Waals surface area (Å²) < 4.78 is 5.04. The molecule has 1 aliphatic heterocycles. The van der Waals surface area contributed by atoms with Gasteiger partial charge in [0.2, 0.25) is 5.91 Å². The Balaban J connectivity index is 2.11. The highest BCUT2D eigenvalue weighted by Gasteiger charge is 2.35. The van der Waals surface area contributed by atoms with E-state index in [1.807, 2.05) is 12.1 Å². The van der Waals surface area contributed by atoms with Gasteiger partial charge in [0, 0.05) is 13.0 Å². The van der Waals surface area contributed by atoms with Crippen molar-refractivity contribution in [3.8, 4) is 5.75 Å². The van der Waals surface area contributed by atoms with Crippen LogP contribution in [-0.4, -0.2) is 35.0 Å². The molecular formula is C13H15NO4. The number of rotatable bonds is 4. The van der Waals surface area contributed by atoms with Gasteiger partial charge in [0.25, 0.3) is 0 Å². The van der Waals surface area contributed by atoms with Gasteiger partial charge in [0.1, 0.15) is 11.8 Å². The molecule has 0 spiro atoms. The highest BCUT2D eigenvalue weighted by atomic mass is 16.5. The van der Waals surface area contributed by atoms with Gasteiger partial charge in [0.05, 0.1) is 7.11 Å². The minimum Gasteiger partial charge on any atom is -0.497 e. The first-order chi connectivity index (χ1) is 8.61. The number of amides is 1. The van der Waals surface area contributed by atoms with Crippen LogP contribution in [0.1, 0.15) is 18.4 Å². The van der Waals surface area contributed by atoms with Crippen LogP contribution in [0.15, 0.2) is 24.3 Å². The molecule has 1 aliphatic rings. The van der Waals surface area contributed by atoms with Crippen molar-refractivity contribution in [2.75, 3.05) is 7.11 Å². The molecule has 96 valence electrons. The van der Waals surface area contributed by atoms with Gasteiger partial charge in [-0.15, -0.1) is 0 Å². The molecule has 18 heavy (non-hydrogen) atoms. The largest absolute Gasteiger partial charge is 0.497 e. The number of hydrogen-bond donors (Lipinski definition) is 1. The molecule has 1 fully saturated rings. The lowest BCUT2D eigenvalue weighted by atomic mass is 10.2. The van der Waals surface area contributed by atoms with Crippen LogP contribution < -0.4 is 4.74 Å². The van der Waals surface area contributed by atoms with Gasteiger partial charge >= 0.3 is 5.97 Å². The highest BCUT2D eigenvalue weighted by Crippen LogP contribution is 2.22. The van der Waals surface area contributed by atoms with E-state index in [1.54, 1.807) is 19.2 Å². The molecule has 0 saturated carbocycles. The van der Waals surface area contributed by atoms with Crippen molar-refractivity contribution < 1.29 is 19.4 Å². The molecule has 1 heterocycles. The van der Waals surface area contributed by atoms with Crippen LogP contribution in [0.2, 0.25) is 0 Å². The van der Waals surface area contributed by atoms with E-state index < -0.39 is 12.0 Å². The molecule has 5 heteroatoms. The second-order valence-electron chi connectivity index (χ2n) is 4.26. The summed E-state index contributed by atoms with van der Waals surface area (Å²) in [6.07, 6.45) is 0.706. The molecule has 1 N–H and O–H groups in total. The average molecular weight is 249 g/mol. The molecule has 2 rings (SSSR count). The number of aliphatic carboxylic acids is 1. The number of benzene rings is 1. The third-order valence-corrected chi connectivity index (χ3v) is 3.13. The normalized spacial score (nSPS) is 19.1. The minimum absolute atomic E-state index is 0.0989. The number of nitrogens with zero attached hydrogens (tertiary/aromatic N) is 1. The lowest BCUT2D eigenvalue weighted by molar-refractivity contribution is -0.146. The summed E-state index contributed by atoms with van der Waals surface area (Å²) in [5, 5.41) is 9.05. The molecule has 1 aromatic carbocycles. The predicted molar refractivity (Wildman–Crippen MR) is 64.2 cm³/mol. The lowest BCUT2D eigenvalue weighted by Crippen LogP contribution is -2.37. The Morgan fingerprint density at radius 1 is 1.44 bits per heavy atom. The zero-order chi connectivity index (χ0) is 13.1. The van der Waals surface area contributed by atoms with E-state index in [1.165, 1.54) is 4.90 Å². The summed E-state index contributed by atoms with van der Waals surface area (Å²) in [5.41, 5.74) is 0.900. The molecule has 1 aromatic rings. The van der Waals surface area contributed by atoms with Crippen LogP contribution in [0, 0.1) is 0 Å². The number of ether oxygens (including phenoxy) is 1. The fourth-order valence-electron chi connectivity index (χ4n) is 2.12. The van der Waals surface area contributed by atoms with Crippen molar-refractivity contribution in [1.29, 1.82) is 0 Å². The van der Waals surface area contributed by atoms with E-state index in [-0.39, 0.29) is 5.91 Å². The molecule has 0 aliphatic carbocycles. The predicted octanol–water partition coefficient (Wildman–Crippen LogP) is 1.27. The molecule has 5 nitrogen and oxygen atoms in total. The van der Waals surface area contributed by atoms with E-state index in [0.717, 1.165) is 11.3 Å². The molecule has 0 aromatic heterocycles. The monoisotopic (exact) mass is 249 g/mol. The van der Waals surface area contributed by atoms with Gasteiger partial charge in [-0.1, -0.05) is 12.1 Å². The van der Waals surface area contributed by atoms with Crippen LogP contribution in [0.3, 0.4) is 0 Å². The molecule has 0 bridgehead atoms. The summed E-state index contributed by atoms with van der Waals surface area (Å²) in [6.45, 7) is 0.333. The first kappa shape index (κ1) is 12.4.